The van der Waals surface area contributed by atoms with Crippen LogP contribution in [0.15, 0.2) is 11.1 Å². The lowest BCUT2D eigenvalue weighted by molar-refractivity contribution is -0.261. The molecule has 29 heavy (non-hydrogen) atoms. The lowest BCUT2D eigenvalue weighted by Gasteiger charge is -2.30. The summed E-state index contributed by atoms with van der Waals surface area (Å²) in [6.07, 6.45) is -0.407. The van der Waals surface area contributed by atoms with Gasteiger partial charge < -0.3 is 14.6 Å². The number of hydrogen-bond acceptors (Lipinski definition) is 5. The molecular weight excluding hydrogens is 387 g/mol. The Labute approximate surface area is 168 Å². The summed E-state index contributed by atoms with van der Waals surface area (Å²) in [5.74, 6) is -3.68. The van der Waals surface area contributed by atoms with E-state index in [4.69, 9.17) is 9.47 Å². The number of alkyl halides is 1. The third-order valence-electron chi connectivity index (χ3n) is 4.92. The molecule has 0 N–H and O–H groups in total. The van der Waals surface area contributed by atoms with Gasteiger partial charge in [0, 0.05) is 11.5 Å². The Hall–Kier alpha value is -2.25. The lowest BCUT2D eigenvalue weighted by Crippen LogP contribution is -2.33. The van der Waals surface area contributed by atoms with Crippen molar-refractivity contribution in [2.75, 3.05) is 13.3 Å². The molecule has 0 aliphatic heterocycles. The number of esters is 1. The summed E-state index contributed by atoms with van der Waals surface area (Å²) in [4.78, 5) is 15.8. The number of carbonyl (C=O) groups is 1. The van der Waals surface area contributed by atoms with E-state index in [1.165, 1.54) is 6.92 Å². The topological polar surface area (TPSA) is 71.0 Å². The van der Waals surface area contributed by atoms with Gasteiger partial charge in [0.25, 0.3) is 0 Å². The Morgan fingerprint density at radius 1 is 1.31 bits per heavy atom. The van der Waals surface area contributed by atoms with Gasteiger partial charge in [-0.05, 0) is 49.8 Å². The third kappa shape index (κ3) is 5.42. The molecule has 0 spiro atoms. The molecular formula is C21H27F3NO4-. The third-order valence-corrected chi connectivity index (χ3v) is 4.92. The van der Waals surface area contributed by atoms with E-state index in [0.717, 1.165) is 6.07 Å². The van der Waals surface area contributed by atoms with Crippen LogP contribution in [0.5, 0.6) is 0 Å². The maximum atomic E-state index is 14.8. The van der Waals surface area contributed by atoms with E-state index >= 15 is 0 Å². The molecule has 1 saturated carbocycles. The van der Waals surface area contributed by atoms with Crippen LogP contribution in [0.4, 0.5) is 13.2 Å². The van der Waals surface area contributed by atoms with Crippen molar-refractivity contribution >= 4 is 12.1 Å². The molecule has 0 heterocycles. The van der Waals surface area contributed by atoms with Crippen LogP contribution in [0.2, 0.25) is 0 Å². The zero-order chi connectivity index (χ0) is 21.9. The van der Waals surface area contributed by atoms with Crippen LogP contribution < -0.4 is 5.11 Å². The summed E-state index contributed by atoms with van der Waals surface area (Å²) in [5, 5.41) is 12.0. The first-order chi connectivity index (χ1) is 13.5. The van der Waals surface area contributed by atoms with Gasteiger partial charge in [-0.2, -0.15) is 0 Å². The van der Waals surface area contributed by atoms with Gasteiger partial charge in [-0.25, -0.2) is 13.6 Å². The fraction of sp³-hybridized carbons (Fsp3) is 0.619. The summed E-state index contributed by atoms with van der Waals surface area (Å²) < 4.78 is 52.9. The summed E-state index contributed by atoms with van der Waals surface area (Å²) in [6, 6.07) is 0.129. The molecule has 2 rings (SSSR count). The van der Waals surface area contributed by atoms with Gasteiger partial charge in [0.2, 0.25) is 0 Å². The molecule has 0 saturated heterocycles. The van der Waals surface area contributed by atoms with Crippen molar-refractivity contribution in [2.45, 2.75) is 65.0 Å². The SMILES string of the molecule is CCOC(=O)c1cc(F)c(C2C[C@H](CF)[C@H](N=C([O-])OC(C)(C)C)C2)c(C)c1F. The van der Waals surface area contributed by atoms with E-state index in [9.17, 15) is 23.1 Å². The molecule has 5 nitrogen and oxygen atoms in total. The summed E-state index contributed by atoms with van der Waals surface area (Å²) >= 11 is 0. The van der Waals surface area contributed by atoms with Crippen molar-refractivity contribution in [3.63, 3.8) is 0 Å². The van der Waals surface area contributed by atoms with Crippen LogP contribution in [-0.4, -0.2) is 37.0 Å². The molecule has 0 amide bonds. The molecule has 0 bridgehead atoms. The maximum absolute atomic E-state index is 14.8. The highest BCUT2D eigenvalue weighted by atomic mass is 19.1. The van der Waals surface area contributed by atoms with Crippen molar-refractivity contribution in [2.24, 2.45) is 10.9 Å². The number of ether oxygens (including phenoxy) is 2. The normalized spacial score (nSPS) is 22.6. The fourth-order valence-corrected chi connectivity index (χ4v) is 3.71. The second-order valence-electron chi connectivity index (χ2n) is 8.24. The zero-order valence-electron chi connectivity index (χ0n) is 17.4. The second-order valence-corrected chi connectivity index (χ2v) is 8.24. The molecule has 3 atom stereocenters. The van der Waals surface area contributed by atoms with Crippen molar-refractivity contribution < 1.29 is 32.5 Å². The van der Waals surface area contributed by atoms with Gasteiger partial charge in [0.15, 0.2) is 0 Å². The molecule has 1 aromatic carbocycles. The molecule has 162 valence electrons. The largest absolute Gasteiger partial charge is 0.595 e. The van der Waals surface area contributed by atoms with E-state index in [0.29, 0.717) is 0 Å². The van der Waals surface area contributed by atoms with Gasteiger partial charge in [-0.1, -0.05) is 20.8 Å². The van der Waals surface area contributed by atoms with E-state index in [1.807, 2.05) is 0 Å². The van der Waals surface area contributed by atoms with Gasteiger partial charge >= 0.3 is 5.97 Å². The quantitative estimate of drug-likeness (QED) is 0.417. The molecule has 1 aliphatic carbocycles. The van der Waals surface area contributed by atoms with Crippen molar-refractivity contribution in [3.8, 4) is 0 Å². The van der Waals surface area contributed by atoms with Crippen LogP contribution in [0.1, 0.15) is 67.9 Å². The first kappa shape index (κ1) is 23.0. The van der Waals surface area contributed by atoms with Crippen LogP contribution in [-0.2, 0) is 9.47 Å². The van der Waals surface area contributed by atoms with Crippen LogP contribution >= 0.6 is 0 Å². The monoisotopic (exact) mass is 414 g/mol. The fourth-order valence-electron chi connectivity index (χ4n) is 3.71. The zero-order valence-corrected chi connectivity index (χ0v) is 17.4. The Bertz CT molecular complexity index is 789. The first-order valence-corrected chi connectivity index (χ1v) is 9.63. The Kier molecular flexibility index (Phi) is 7.19. The number of halogens is 3. The Balaban J connectivity index is 2.33. The minimum absolute atomic E-state index is 0.0198. The second kappa shape index (κ2) is 9.05. The summed E-state index contributed by atoms with van der Waals surface area (Å²) in [7, 11) is 0. The summed E-state index contributed by atoms with van der Waals surface area (Å²) in [6.45, 7) is 7.31. The number of benzene rings is 1. The highest BCUT2D eigenvalue weighted by molar-refractivity contribution is 5.90. The molecule has 0 aromatic heterocycles. The predicted molar refractivity (Wildman–Crippen MR) is 101 cm³/mol. The van der Waals surface area contributed by atoms with Crippen molar-refractivity contribution in [1.29, 1.82) is 0 Å². The highest BCUT2D eigenvalue weighted by Crippen LogP contribution is 2.43. The molecule has 1 fully saturated rings. The smallest absolute Gasteiger partial charge is 0.341 e. The van der Waals surface area contributed by atoms with Gasteiger partial charge in [-0.3, -0.25) is 9.38 Å². The maximum Gasteiger partial charge on any atom is 0.341 e. The van der Waals surface area contributed by atoms with Crippen LogP contribution in [0, 0.1) is 24.5 Å². The van der Waals surface area contributed by atoms with Gasteiger partial charge in [0.1, 0.15) is 17.7 Å². The van der Waals surface area contributed by atoms with E-state index < -0.39 is 59.4 Å². The van der Waals surface area contributed by atoms with Crippen LogP contribution in [0.25, 0.3) is 0 Å². The average Bonchev–Trinajstić information content (AvgIpc) is 2.98. The first-order valence-electron chi connectivity index (χ1n) is 9.63. The molecule has 1 aromatic rings. The Morgan fingerprint density at radius 2 is 1.97 bits per heavy atom. The molecule has 1 unspecified atom stereocenters. The Morgan fingerprint density at radius 3 is 2.52 bits per heavy atom. The number of carbonyl (C=O) groups excluding carboxylic acids is 1. The van der Waals surface area contributed by atoms with Gasteiger partial charge in [0.05, 0.1) is 24.9 Å². The van der Waals surface area contributed by atoms with E-state index in [1.54, 1.807) is 27.7 Å². The van der Waals surface area contributed by atoms with E-state index in [-0.39, 0.29) is 30.6 Å². The predicted octanol–water partition coefficient (Wildman–Crippen LogP) is 3.81. The minimum Gasteiger partial charge on any atom is -0.595 e. The lowest BCUT2D eigenvalue weighted by atomic mass is 9.90. The van der Waals surface area contributed by atoms with Crippen molar-refractivity contribution in [3.05, 3.63) is 34.4 Å². The average molecular weight is 414 g/mol. The number of aliphatic imine (C=N–C) groups is 1. The van der Waals surface area contributed by atoms with Gasteiger partial charge in [-0.15, -0.1) is 0 Å². The highest BCUT2D eigenvalue weighted by Gasteiger charge is 2.38. The van der Waals surface area contributed by atoms with Crippen molar-refractivity contribution in [1.82, 2.24) is 0 Å². The number of hydrogen-bond donors (Lipinski definition) is 0. The molecule has 8 heteroatoms. The van der Waals surface area contributed by atoms with Crippen LogP contribution in [0.3, 0.4) is 0 Å². The standard InChI is InChI=1S/C21H28F3NO4/c1-6-28-19(26)14-9-15(23)17(11(2)18(14)24)12-7-13(10-22)16(8-12)25-20(27)29-21(3,4)5/h9,12-13,16H,6-8,10H2,1-5H3,(H,25,27)/p-1/t12?,13-,16-/m1/s1. The molecule has 1 aliphatic rings. The number of nitrogens with zero attached hydrogens (tertiary/aromatic N) is 1. The minimum atomic E-state index is -0.940. The van der Waals surface area contributed by atoms with E-state index in [2.05, 4.69) is 4.99 Å². The summed E-state index contributed by atoms with van der Waals surface area (Å²) in [5.41, 5.74) is -1.15. The number of rotatable bonds is 5. The molecule has 0 radical (unpaired) electrons.